The number of sulfonamides is 1. The van der Waals surface area contributed by atoms with Gasteiger partial charge in [-0.1, -0.05) is 29.8 Å². The molecule has 0 aliphatic rings. The van der Waals surface area contributed by atoms with Gasteiger partial charge in [0.2, 0.25) is 10.0 Å². The van der Waals surface area contributed by atoms with Crippen LogP contribution in [0, 0.1) is 20.8 Å². The van der Waals surface area contributed by atoms with Crippen molar-refractivity contribution in [3.63, 3.8) is 0 Å². The summed E-state index contributed by atoms with van der Waals surface area (Å²) in [6.07, 6.45) is 3.10. The predicted molar refractivity (Wildman–Crippen MR) is 105 cm³/mol. The van der Waals surface area contributed by atoms with E-state index in [2.05, 4.69) is 10.1 Å². The molecule has 0 unspecified atom stereocenters. The van der Waals surface area contributed by atoms with Gasteiger partial charge < -0.3 is 0 Å². The lowest BCUT2D eigenvalue weighted by molar-refractivity contribution is 0.398. The first-order chi connectivity index (χ1) is 12.7. The lowest BCUT2D eigenvalue weighted by atomic mass is 10.1. The maximum atomic E-state index is 13.3. The molecule has 6 nitrogen and oxygen atoms in total. The fourth-order valence-corrected chi connectivity index (χ4v) is 5.14. The minimum atomic E-state index is -3.61. The van der Waals surface area contributed by atoms with Gasteiger partial charge in [0.1, 0.15) is 12.7 Å². The van der Waals surface area contributed by atoms with Gasteiger partial charge >= 0.3 is 0 Å². The van der Waals surface area contributed by atoms with Crippen molar-refractivity contribution in [1.29, 1.82) is 0 Å². The second kappa shape index (κ2) is 7.25. The van der Waals surface area contributed by atoms with E-state index in [0.717, 1.165) is 27.9 Å². The van der Waals surface area contributed by atoms with Gasteiger partial charge in [-0.3, -0.25) is 0 Å². The van der Waals surface area contributed by atoms with Gasteiger partial charge in [-0.15, -0.1) is 0 Å². The Morgan fingerprint density at radius 1 is 1.04 bits per heavy atom. The largest absolute Gasteiger partial charge is 0.243 e. The molecule has 1 heterocycles. The standard InChI is InChI=1S/C20H24N4O2S/c1-14-10-15(2)20(16(3)11-14)27(25,26)23(5)17(4)18-6-8-19(9-7-18)24-13-21-12-22-24/h6-13,17H,1-5H3/t17-/m0/s1. The molecule has 0 saturated carbocycles. The van der Waals surface area contributed by atoms with E-state index in [9.17, 15) is 8.42 Å². The molecule has 7 heteroatoms. The Morgan fingerprint density at radius 3 is 2.15 bits per heavy atom. The van der Waals surface area contributed by atoms with Gasteiger partial charge in [0, 0.05) is 13.1 Å². The van der Waals surface area contributed by atoms with Gasteiger partial charge in [-0.2, -0.15) is 9.40 Å². The number of aryl methyl sites for hydroxylation is 3. The number of rotatable bonds is 5. The summed E-state index contributed by atoms with van der Waals surface area (Å²) in [7, 11) is -1.98. The van der Waals surface area contributed by atoms with Crippen molar-refractivity contribution in [1.82, 2.24) is 19.1 Å². The molecule has 0 radical (unpaired) electrons. The molecule has 27 heavy (non-hydrogen) atoms. The Kier molecular flexibility index (Phi) is 5.17. The average Bonchev–Trinajstić information content (AvgIpc) is 3.14. The van der Waals surface area contributed by atoms with Gasteiger partial charge in [-0.25, -0.2) is 18.1 Å². The second-order valence-electron chi connectivity index (χ2n) is 6.86. The molecule has 0 amide bonds. The lowest BCUT2D eigenvalue weighted by Gasteiger charge is -2.26. The third kappa shape index (κ3) is 3.65. The zero-order chi connectivity index (χ0) is 19.8. The molecular formula is C20H24N4O2S. The lowest BCUT2D eigenvalue weighted by Crippen LogP contribution is -2.31. The first-order valence-corrected chi connectivity index (χ1v) is 10.2. The first-order valence-electron chi connectivity index (χ1n) is 8.72. The van der Waals surface area contributed by atoms with Crippen molar-refractivity contribution in [2.45, 2.75) is 38.6 Å². The Labute approximate surface area is 160 Å². The van der Waals surface area contributed by atoms with Crippen molar-refractivity contribution in [2.24, 2.45) is 0 Å². The normalized spacial score (nSPS) is 13.1. The smallest absolute Gasteiger partial charge is 0.223 e. The number of hydrogen-bond acceptors (Lipinski definition) is 4. The topological polar surface area (TPSA) is 68.1 Å². The molecule has 1 atom stereocenters. The molecule has 142 valence electrons. The summed E-state index contributed by atoms with van der Waals surface area (Å²) in [6, 6.07) is 11.2. The van der Waals surface area contributed by atoms with Crippen molar-refractivity contribution >= 4 is 10.0 Å². The van der Waals surface area contributed by atoms with Crippen LogP contribution in [-0.4, -0.2) is 34.5 Å². The Hall–Kier alpha value is -2.51. The molecule has 0 aliphatic carbocycles. The van der Waals surface area contributed by atoms with Crippen LogP contribution in [0.25, 0.3) is 5.69 Å². The maximum Gasteiger partial charge on any atom is 0.243 e. The minimum Gasteiger partial charge on any atom is -0.223 e. The van der Waals surface area contributed by atoms with Gasteiger partial charge in [0.25, 0.3) is 0 Å². The van der Waals surface area contributed by atoms with Gasteiger partial charge in [0.15, 0.2) is 0 Å². The molecule has 0 aliphatic heterocycles. The molecule has 0 spiro atoms. The van der Waals surface area contributed by atoms with Crippen LogP contribution in [0.4, 0.5) is 0 Å². The van der Waals surface area contributed by atoms with Crippen LogP contribution < -0.4 is 0 Å². The van der Waals surface area contributed by atoms with Crippen molar-refractivity contribution in [3.8, 4) is 5.69 Å². The van der Waals surface area contributed by atoms with E-state index in [1.807, 2.05) is 64.1 Å². The van der Waals surface area contributed by atoms with Crippen LogP contribution in [0.5, 0.6) is 0 Å². The van der Waals surface area contributed by atoms with E-state index >= 15 is 0 Å². The Morgan fingerprint density at radius 2 is 1.63 bits per heavy atom. The van der Waals surface area contributed by atoms with Crippen LogP contribution in [0.15, 0.2) is 53.9 Å². The average molecular weight is 385 g/mol. The summed E-state index contributed by atoms with van der Waals surface area (Å²) < 4.78 is 29.6. The highest BCUT2D eigenvalue weighted by atomic mass is 32.2. The SMILES string of the molecule is Cc1cc(C)c(S(=O)(=O)N(C)[C@@H](C)c2ccc(-n3cncn3)cc2)c(C)c1. The molecule has 0 N–H and O–H groups in total. The summed E-state index contributed by atoms with van der Waals surface area (Å²) in [5, 5.41) is 4.10. The Bertz CT molecular complexity index is 1020. The quantitative estimate of drug-likeness (QED) is 0.674. The highest BCUT2D eigenvalue weighted by Crippen LogP contribution is 2.30. The summed E-state index contributed by atoms with van der Waals surface area (Å²) in [5.74, 6) is 0. The van der Waals surface area contributed by atoms with E-state index in [4.69, 9.17) is 0 Å². The highest BCUT2D eigenvalue weighted by Gasteiger charge is 2.29. The predicted octanol–water partition coefficient (Wildman–Crippen LogP) is 3.57. The molecule has 1 aromatic heterocycles. The van der Waals surface area contributed by atoms with Crippen LogP contribution in [-0.2, 0) is 10.0 Å². The number of aromatic nitrogens is 3. The third-order valence-corrected chi connectivity index (χ3v) is 7.08. The van der Waals surface area contributed by atoms with Crippen LogP contribution in [0.2, 0.25) is 0 Å². The molecule has 3 aromatic rings. The van der Waals surface area contributed by atoms with E-state index in [0.29, 0.717) is 4.90 Å². The Balaban J connectivity index is 1.91. The fraction of sp³-hybridized carbons (Fsp3) is 0.300. The van der Waals surface area contributed by atoms with E-state index in [1.54, 1.807) is 18.1 Å². The second-order valence-corrected chi connectivity index (χ2v) is 8.79. The number of hydrogen-bond donors (Lipinski definition) is 0. The van der Waals surface area contributed by atoms with Crippen molar-refractivity contribution < 1.29 is 8.42 Å². The summed E-state index contributed by atoms with van der Waals surface area (Å²) in [4.78, 5) is 4.33. The summed E-state index contributed by atoms with van der Waals surface area (Å²) in [6.45, 7) is 7.55. The number of nitrogens with zero attached hydrogens (tertiary/aromatic N) is 4. The van der Waals surface area contributed by atoms with Crippen molar-refractivity contribution in [2.75, 3.05) is 7.05 Å². The molecule has 0 bridgehead atoms. The molecule has 0 saturated heterocycles. The maximum absolute atomic E-state index is 13.3. The monoisotopic (exact) mass is 384 g/mol. The minimum absolute atomic E-state index is 0.306. The van der Waals surface area contributed by atoms with Crippen molar-refractivity contribution in [3.05, 3.63) is 71.3 Å². The number of benzene rings is 2. The molecule has 0 fully saturated rings. The van der Waals surface area contributed by atoms with E-state index in [1.165, 1.54) is 10.6 Å². The first kappa shape index (κ1) is 19.3. The highest BCUT2D eigenvalue weighted by molar-refractivity contribution is 7.89. The van der Waals surface area contributed by atoms with Crippen LogP contribution in [0.3, 0.4) is 0 Å². The fourth-order valence-electron chi connectivity index (χ4n) is 3.38. The van der Waals surface area contributed by atoms with E-state index < -0.39 is 10.0 Å². The van der Waals surface area contributed by atoms with Crippen LogP contribution >= 0.6 is 0 Å². The molecular weight excluding hydrogens is 360 g/mol. The zero-order valence-corrected chi connectivity index (χ0v) is 17.0. The van der Waals surface area contributed by atoms with Gasteiger partial charge in [-0.05, 0) is 56.5 Å². The summed E-state index contributed by atoms with van der Waals surface area (Å²) >= 11 is 0. The van der Waals surface area contributed by atoms with Gasteiger partial charge in [0.05, 0.1) is 10.6 Å². The molecule has 3 rings (SSSR count). The zero-order valence-electron chi connectivity index (χ0n) is 16.2. The van der Waals surface area contributed by atoms with Crippen LogP contribution in [0.1, 0.15) is 35.2 Å². The third-order valence-electron chi connectivity index (χ3n) is 4.85. The van der Waals surface area contributed by atoms with E-state index in [-0.39, 0.29) is 6.04 Å². The molecule has 2 aromatic carbocycles. The summed E-state index contributed by atoms with van der Waals surface area (Å²) in [5.41, 5.74) is 4.39.